The first-order chi connectivity index (χ1) is 12.8. The number of rotatable bonds is 4. The van der Waals surface area contributed by atoms with Crippen LogP contribution in [0.2, 0.25) is 0 Å². The molecule has 0 spiro atoms. The highest BCUT2D eigenvalue weighted by Gasteiger charge is 2.18. The van der Waals surface area contributed by atoms with Gasteiger partial charge in [0.25, 0.3) is 0 Å². The molecular formula is C22H17NO3. The van der Waals surface area contributed by atoms with E-state index in [0.717, 1.165) is 21.9 Å². The molecule has 1 aliphatic rings. The zero-order valence-electron chi connectivity index (χ0n) is 14.4. The molecule has 0 amide bonds. The Hall–Kier alpha value is -3.45. The minimum absolute atomic E-state index is 0.198. The smallest absolute Gasteiger partial charge is 0.231 e. The zero-order chi connectivity index (χ0) is 17.9. The molecule has 4 rings (SSSR count). The maximum Gasteiger partial charge on any atom is 0.231 e. The van der Waals surface area contributed by atoms with E-state index in [0.29, 0.717) is 29.4 Å². The highest BCUT2D eigenvalue weighted by Crippen LogP contribution is 2.39. The molecule has 26 heavy (non-hydrogen) atoms. The molecule has 4 heteroatoms. The predicted molar refractivity (Wildman–Crippen MR) is 101 cm³/mol. The van der Waals surface area contributed by atoms with Crippen LogP contribution >= 0.6 is 0 Å². The van der Waals surface area contributed by atoms with Gasteiger partial charge >= 0.3 is 0 Å². The van der Waals surface area contributed by atoms with E-state index in [1.807, 2.05) is 61.5 Å². The standard InChI is InChI=1S/C22H17NO3/c1-2-24-20-12-22-21(25-14-26-22)11-18(20)10-19(13-23)17-8-7-15-5-3-4-6-16(15)9-17/h3-12H,2,14H2,1H3. The van der Waals surface area contributed by atoms with Crippen molar-refractivity contribution < 1.29 is 14.2 Å². The number of hydrogen-bond donors (Lipinski definition) is 0. The fourth-order valence-electron chi connectivity index (χ4n) is 3.02. The molecule has 128 valence electrons. The maximum absolute atomic E-state index is 9.71. The first kappa shape index (κ1) is 16.0. The van der Waals surface area contributed by atoms with Crippen LogP contribution in [0.4, 0.5) is 0 Å². The normalized spacial score (nSPS) is 12.8. The Bertz CT molecular complexity index is 1050. The third-order valence-corrected chi connectivity index (χ3v) is 4.29. The van der Waals surface area contributed by atoms with E-state index in [1.165, 1.54) is 0 Å². The molecule has 3 aromatic rings. The number of allylic oxidation sites excluding steroid dienone is 1. The number of nitrogens with zero attached hydrogens (tertiary/aromatic N) is 1. The van der Waals surface area contributed by atoms with Gasteiger partial charge in [0.05, 0.1) is 18.2 Å². The lowest BCUT2D eigenvalue weighted by atomic mass is 10.00. The lowest BCUT2D eigenvalue weighted by Gasteiger charge is -2.10. The summed E-state index contributed by atoms with van der Waals surface area (Å²) in [5.74, 6) is 2.00. The highest BCUT2D eigenvalue weighted by molar-refractivity contribution is 5.95. The minimum atomic E-state index is 0.198. The lowest BCUT2D eigenvalue weighted by molar-refractivity contribution is 0.174. The first-order valence-corrected chi connectivity index (χ1v) is 8.46. The second-order valence-electron chi connectivity index (χ2n) is 5.91. The van der Waals surface area contributed by atoms with Crippen molar-refractivity contribution in [3.63, 3.8) is 0 Å². The molecule has 0 aliphatic carbocycles. The Morgan fingerprint density at radius 1 is 1.08 bits per heavy atom. The lowest BCUT2D eigenvalue weighted by Crippen LogP contribution is -1.94. The quantitative estimate of drug-likeness (QED) is 0.492. The van der Waals surface area contributed by atoms with Gasteiger partial charge in [-0.25, -0.2) is 0 Å². The predicted octanol–water partition coefficient (Wildman–Crippen LogP) is 5.03. The van der Waals surface area contributed by atoms with Gasteiger partial charge in [0.1, 0.15) is 5.75 Å². The maximum atomic E-state index is 9.71. The summed E-state index contributed by atoms with van der Waals surface area (Å²) < 4.78 is 16.6. The summed E-state index contributed by atoms with van der Waals surface area (Å²) in [5.41, 5.74) is 2.22. The Morgan fingerprint density at radius 2 is 1.85 bits per heavy atom. The highest BCUT2D eigenvalue weighted by atomic mass is 16.7. The van der Waals surface area contributed by atoms with E-state index < -0.39 is 0 Å². The molecule has 0 atom stereocenters. The molecule has 1 aliphatic heterocycles. The molecule has 1 heterocycles. The molecule has 0 aromatic heterocycles. The van der Waals surface area contributed by atoms with Gasteiger partial charge in [0.15, 0.2) is 11.5 Å². The number of hydrogen-bond acceptors (Lipinski definition) is 4. The van der Waals surface area contributed by atoms with Crippen molar-refractivity contribution >= 4 is 22.4 Å². The number of nitriles is 1. The fourth-order valence-corrected chi connectivity index (χ4v) is 3.02. The number of benzene rings is 3. The molecule has 0 saturated heterocycles. The number of ether oxygens (including phenoxy) is 3. The molecule has 0 N–H and O–H groups in total. The van der Waals surface area contributed by atoms with Crippen LogP contribution in [0.5, 0.6) is 17.2 Å². The Balaban J connectivity index is 1.80. The second kappa shape index (κ2) is 6.81. The SMILES string of the molecule is CCOc1cc2c(cc1C=C(C#N)c1ccc3ccccc3c1)OCO2. The molecule has 0 unspecified atom stereocenters. The fraction of sp³-hybridized carbons (Fsp3) is 0.136. The number of fused-ring (bicyclic) bond motifs is 2. The van der Waals surface area contributed by atoms with Crippen molar-refractivity contribution in [2.45, 2.75) is 6.92 Å². The Kier molecular flexibility index (Phi) is 4.20. The van der Waals surface area contributed by atoms with Crippen LogP contribution < -0.4 is 14.2 Å². The second-order valence-corrected chi connectivity index (χ2v) is 5.91. The third-order valence-electron chi connectivity index (χ3n) is 4.29. The van der Waals surface area contributed by atoms with Gasteiger partial charge in [-0.1, -0.05) is 36.4 Å². The van der Waals surface area contributed by atoms with Gasteiger partial charge in [-0.3, -0.25) is 0 Å². The minimum Gasteiger partial charge on any atom is -0.493 e. The van der Waals surface area contributed by atoms with Gasteiger partial charge in [-0.2, -0.15) is 5.26 Å². The molecule has 3 aromatic carbocycles. The van der Waals surface area contributed by atoms with Crippen molar-refractivity contribution in [1.29, 1.82) is 5.26 Å². The van der Waals surface area contributed by atoms with E-state index >= 15 is 0 Å². The van der Waals surface area contributed by atoms with E-state index in [-0.39, 0.29) is 6.79 Å². The summed E-state index contributed by atoms with van der Waals surface area (Å²) in [5, 5.41) is 12.0. The van der Waals surface area contributed by atoms with Crippen molar-refractivity contribution in [2.75, 3.05) is 13.4 Å². The average molecular weight is 343 g/mol. The van der Waals surface area contributed by atoms with Crippen LogP contribution in [-0.4, -0.2) is 13.4 Å². The van der Waals surface area contributed by atoms with Crippen LogP contribution in [0.15, 0.2) is 54.6 Å². The van der Waals surface area contributed by atoms with Crippen molar-refractivity contribution in [2.24, 2.45) is 0 Å². The molecular weight excluding hydrogens is 326 g/mol. The van der Waals surface area contributed by atoms with E-state index in [9.17, 15) is 5.26 Å². The monoisotopic (exact) mass is 343 g/mol. The van der Waals surface area contributed by atoms with Crippen LogP contribution in [0, 0.1) is 11.3 Å². The van der Waals surface area contributed by atoms with Crippen LogP contribution in [0.25, 0.3) is 22.4 Å². The van der Waals surface area contributed by atoms with E-state index in [1.54, 1.807) is 0 Å². The Labute approximate surface area is 151 Å². The third kappa shape index (κ3) is 2.96. The molecule has 0 saturated carbocycles. The van der Waals surface area contributed by atoms with Gasteiger partial charge in [-0.15, -0.1) is 0 Å². The van der Waals surface area contributed by atoms with Gasteiger partial charge < -0.3 is 14.2 Å². The molecule has 0 fully saturated rings. The topological polar surface area (TPSA) is 51.5 Å². The summed E-state index contributed by atoms with van der Waals surface area (Å²) in [4.78, 5) is 0. The molecule has 4 nitrogen and oxygen atoms in total. The van der Waals surface area contributed by atoms with Gasteiger partial charge in [0, 0.05) is 11.6 Å². The Morgan fingerprint density at radius 3 is 2.62 bits per heavy atom. The largest absolute Gasteiger partial charge is 0.493 e. The van der Waals surface area contributed by atoms with E-state index in [2.05, 4.69) is 12.1 Å². The summed E-state index contributed by atoms with van der Waals surface area (Å²) in [6, 6.07) is 20.1. The molecule has 0 radical (unpaired) electrons. The van der Waals surface area contributed by atoms with Crippen molar-refractivity contribution in [3.05, 3.63) is 65.7 Å². The van der Waals surface area contributed by atoms with Gasteiger partial charge in [-0.05, 0) is 41.5 Å². The van der Waals surface area contributed by atoms with Crippen molar-refractivity contribution in [1.82, 2.24) is 0 Å². The summed E-state index contributed by atoms with van der Waals surface area (Å²) >= 11 is 0. The zero-order valence-corrected chi connectivity index (χ0v) is 14.4. The summed E-state index contributed by atoms with van der Waals surface area (Å²) in [6.45, 7) is 2.65. The van der Waals surface area contributed by atoms with E-state index in [4.69, 9.17) is 14.2 Å². The summed E-state index contributed by atoms with van der Waals surface area (Å²) in [7, 11) is 0. The first-order valence-electron chi connectivity index (χ1n) is 8.46. The van der Waals surface area contributed by atoms with Crippen LogP contribution in [-0.2, 0) is 0 Å². The van der Waals surface area contributed by atoms with Crippen LogP contribution in [0.1, 0.15) is 18.1 Å². The summed E-state index contributed by atoms with van der Waals surface area (Å²) in [6.07, 6.45) is 1.83. The van der Waals surface area contributed by atoms with Gasteiger partial charge in [0.2, 0.25) is 6.79 Å². The molecule has 0 bridgehead atoms. The van der Waals surface area contributed by atoms with Crippen LogP contribution in [0.3, 0.4) is 0 Å². The van der Waals surface area contributed by atoms with Crippen molar-refractivity contribution in [3.8, 4) is 23.3 Å². The average Bonchev–Trinajstić information content (AvgIpc) is 3.13.